The molecule has 0 amide bonds. The van der Waals surface area contributed by atoms with Gasteiger partial charge in [0.25, 0.3) is 0 Å². The zero-order valence-electron chi connectivity index (χ0n) is 28.9. The summed E-state index contributed by atoms with van der Waals surface area (Å²) in [5.41, 5.74) is 0. The van der Waals surface area contributed by atoms with Crippen molar-refractivity contribution < 1.29 is 38.2 Å². The highest BCUT2D eigenvalue weighted by atomic mass is 16.6. The topological polar surface area (TPSA) is 102 Å². The Morgan fingerprint density at radius 3 is 1.93 bits per heavy atom. The number of carboxylic acid groups (broad SMARTS) is 1. The number of carbonyl (C=O) groups is 3. The lowest BCUT2D eigenvalue weighted by atomic mass is 10.1. The van der Waals surface area contributed by atoms with Gasteiger partial charge in [-0.1, -0.05) is 105 Å². The summed E-state index contributed by atoms with van der Waals surface area (Å²) in [5.74, 6) is -1.96. The third-order valence-corrected chi connectivity index (χ3v) is 6.65. The van der Waals surface area contributed by atoms with Crippen molar-refractivity contribution in [2.75, 3.05) is 41.0 Å². The van der Waals surface area contributed by atoms with Crippen LogP contribution in [0.4, 0.5) is 0 Å². The van der Waals surface area contributed by atoms with E-state index in [0.717, 1.165) is 44.9 Å². The second-order valence-electron chi connectivity index (χ2n) is 11.7. The molecule has 8 nitrogen and oxygen atoms in total. The normalized spacial score (nSPS) is 14.2. The number of carboxylic acids is 1. The Morgan fingerprint density at radius 1 is 0.696 bits per heavy atom. The van der Waals surface area contributed by atoms with Crippen molar-refractivity contribution in [1.29, 1.82) is 0 Å². The van der Waals surface area contributed by atoms with Gasteiger partial charge in [0.2, 0.25) is 0 Å². The Hall–Kier alpha value is -3.49. The lowest BCUT2D eigenvalue weighted by molar-refractivity contribution is -0.889. The first kappa shape index (κ1) is 42.5. The Bertz CT molecular complexity index is 1030. The van der Waals surface area contributed by atoms with Crippen molar-refractivity contribution in [2.24, 2.45) is 0 Å². The minimum Gasteiger partial charge on any atom is -0.544 e. The van der Waals surface area contributed by atoms with Gasteiger partial charge in [0.1, 0.15) is 12.6 Å². The molecule has 0 spiro atoms. The van der Waals surface area contributed by atoms with Crippen LogP contribution in [-0.2, 0) is 28.6 Å². The smallest absolute Gasteiger partial charge is 0.309 e. The maximum atomic E-state index is 12.6. The molecule has 0 fully saturated rings. The van der Waals surface area contributed by atoms with Crippen molar-refractivity contribution in [3.05, 3.63) is 85.1 Å². The lowest BCUT2D eigenvalue weighted by Crippen LogP contribution is -2.55. The predicted octanol–water partition coefficient (Wildman–Crippen LogP) is 6.51. The van der Waals surface area contributed by atoms with Gasteiger partial charge >= 0.3 is 11.9 Å². The fourth-order valence-electron chi connectivity index (χ4n) is 4.08. The third-order valence-electron chi connectivity index (χ3n) is 6.65. The summed E-state index contributed by atoms with van der Waals surface area (Å²) in [6, 6.07) is -0.746. The molecule has 0 N–H and O–H groups in total. The van der Waals surface area contributed by atoms with Crippen LogP contribution in [0.25, 0.3) is 0 Å². The molecule has 258 valence electrons. The Kier molecular flexibility index (Phi) is 26.8. The van der Waals surface area contributed by atoms with E-state index in [1.165, 1.54) is 0 Å². The molecule has 0 aliphatic carbocycles. The fraction of sp³-hybridized carbons (Fsp3) is 0.553. The van der Waals surface area contributed by atoms with Gasteiger partial charge in [-0.2, -0.15) is 0 Å². The first-order valence-electron chi connectivity index (χ1n) is 16.7. The van der Waals surface area contributed by atoms with Crippen LogP contribution in [0.5, 0.6) is 0 Å². The fourth-order valence-corrected chi connectivity index (χ4v) is 4.08. The summed E-state index contributed by atoms with van der Waals surface area (Å²) in [6.45, 7) is 4.19. The van der Waals surface area contributed by atoms with E-state index in [9.17, 15) is 19.5 Å². The van der Waals surface area contributed by atoms with Gasteiger partial charge in [0, 0.05) is 12.8 Å². The molecule has 0 rings (SSSR count). The highest BCUT2D eigenvalue weighted by Crippen LogP contribution is 2.10. The monoisotopic (exact) mass is 641 g/mol. The van der Waals surface area contributed by atoms with Gasteiger partial charge in [-0.05, 0) is 44.9 Å². The van der Waals surface area contributed by atoms with E-state index in [1.54, 1.807) is 27.2 Å². The van der Waals surface area contributed by atoms with Crippen molar-refractivity contribution in [3.63, 3.8) is 0 Å². The molecule has 0 aromatic carbocycles. The lowest BCUT2D eigenvalue weighted by Gasteiger charge is -2.34. The third kappa shape index (κ3) is 26.9. The van der Waals surface area contributed by atoms with Gasteiger partial charge in [-0.15, -0.1) is 0 Å². The van der Waals surface area contributed by atoms with Gasteiger partial charge in [0.05, 0.1) is 46.7 Å². The van der Waals surface area contributed by atoms with E-state index >= 15 is 0 Å². The van der Waals surface area contributed by atoms with E-state index in [4.69, 9.17) is 14.2 Å². The summed E-state index contributed by atoms with van der Waals surface area (Å²) in [4.78, 5) is 36.4. The van der Waals surface area contributed by atoms with Crippen molar-refractivity contribution in [1.82, 2.24) is 0 Å². The standard InChI is InChI=1S/C38H59NO7/c1-6-8-10-12-14-16-17-18-19-21-23-25-27-29-37(41)46-34(32-44-31-30-35(38(42)43)39(3,4)5)33-45-36(40)28-26-24-22-20-15-13-11-9-7-2/h8-12,14-20,24,26,34-35H,6-7,13,21-23,25,27-33H2,1-5H3/b10-8+,11-9+,14-12+,17-16+,19-18+,20-15+,26-24+. The minimum atomic E-state index is -1.15. The van der Waals surface area contributed by atoms with Crippen LogP contribution in [0.15, 0.2) is 85.1 Å². The maximum Gasteiger partial charge on any atom is 0.309 e. The van der Waals surface area contributed by atoms with Gasteiger partial charge in [-0.3, -0.25) is 9.59 Å². The molecule has 2 unspecified atom stereocenters. The van der Waals surface area contributed by atoms with Crippen LogP contribution < -0.4 is 5.11 Å². The van der Waals surface area contributed by atoms with Crippen molar-refractivity contribution in [2.45, 2.75) is 96.6 Å². The zero-order chi connectivity index (χ0) is 34.3. The SMILES string of the molecule is CC/C=C/C=C/C=C/C=C/CCCCCC(=O)OC(COCCC(C(=O)[O-])[N+](C)(C)C)COC(=O)C/C=C/C/C=C/C/C=C/CC. The number of allylic oxidation sites excluding steroid dienone is 13. The molecular formula is C38H59NO7. The van der Waals surface area contributed by atoms with Crippen molar-refractivity contribution >= 4 is 17.9 Å². The summed E-state index contributed by atoms with van der Waals surface area (Å²) >= 11 is 0. The molecule has 0 heterocycles. The Morgan fingerprint density at radius 2 is 1.30 bits per heavy atom. The number of hydrogen-bond donors (Lipinski definition) is 0. The number of likely N-dealkylation sites (N-methyl/N-ethyl adjacent to an activating group) is 1. The number of aliphatic carboxylic acids is 1. The molecular weight excluding hydrogens is 582 g/mol. The van der Waals surface area contributed by atoms with Crippen LogP contribution in [-0.4, -0.2) is 75.5 Å². The number of quaternary nitrogens is 1. The maximum absolute atomic E-state index is 12.6. The average molecular weight is 642 g/mol. The van der Waals surface area contributed by atoms with Crippen LogP contribution in [0.1, 0.15) is 84.5 Å². The predicted molar refractivity (Wildman–Crippen MR) is 185 cm³/mol. The summed E-state index contributed by atoms with van der Waals surface area (Å²) < 4.78 is 16.8. The Balaban J connectivity index is 4.69. The molecule has 0 aromatic heterocycles. The first-order chi connectivity index (χ1) is 22.1. The molecule has 2 atom stereocenters. The molecule has 0 aliphatic rings. The van der Waals surface area contributed by atoms with Gasteiger partial charge in [0.15, 0.2) is 6.10 Å². The second-order valence-corrected chi connectivity index (χ2v) is 11.7. The van der Waals surface area contributed by atoms with Gasteiger partial charge < -0.3 is 28.6 Å². The number of rotatable bonds is 27. The number of esters is 2. The van der Waals surface area contributed by atoms with E-state index in [2.05, 4.69) is 44.2 Å². The molecule has 0 saturated carbocycles. The van der Waals surface area contributed by atoms with Crippen LogP contribution in [0.2, 0.25) is 0 Å². The highest BCUT2D eigenvalue weighted by Gasteiger charge is 2.25. The number of ether oxygens (including phenoxy) is 3. The second kappa shape index (κ2) is 28.9. The molecule has 0 radical (unpaired) electrons. The van der Waals surface area contributed by atoms with Crippen LogP contribution >= 0.6 is 0 Å². The quantitative estimate of drug-likeness (QED) is 0.0331. The molecule has 0 bridgehead atoms. The summed E-state index contributed by atoms with van der Waals surface area (Å²) in [7, 11) is 5.33. The van der Waals surface area contributed by atoms with E-state index in [1.807, 2.05) is 48.6 Å². The zero-order valence-corrected chi connectivity index (χ0v) is 28.9. The number of hydrogen-bond acceptors (Lipinski definition) is 7. The summed E-state index contributed by atoms with van der Waals surface area (Å²) in [5, 5.41) is 11.5. The van der Waals surface area contributed by atoms with Crippen molar-refractivity contribution in [3.8, 4) is 0 Å². The molecule has 46 heavy (non-hydrogen) atoms. The van der Waals surface area contributed by atoms with Gasteiger partial charge in [-0.25, -0.2) is 0 Å². The highest BCUT2D eigenvalue weighted by molar-refractivity contribution is 5.71. The average Bonchev–Trinajstić information content (AvgIpc) is 3.00. The Labute approximate surface area is 278 Å². The molecule has 0 aliphatic heterocycles. The van der Waals surface area contributed by atoms with Crippen LogP contribution in [0, 0.1) is 0 Å². The van der Waals surface area contributed by atoms with E-state index in [0.29, 0.717) is 6.42 Å². The minimum absolute atomic E-state index is 0.00850. The van der Waals surface area contributed by atoms with Crippen LogP contribution in [0.3, 0.4) is 0 Å². The molecule has 0 saturated heterocycles. The van der Waals surface area contributed by atoms with E-state index in [-0.39, 0.29) is 49.5 Å². The van der Waals surface area contributed by atoms with E-state index < -0.39 is 24.1 Å². The number of carbonyl (C=O) groups excluding carboxylic acids is 3. The molecule has 0 aromatic rings. The first-order valence-corrected chi connectivity index (χ1v) is 16.7. The number of nitrogens with zero attached hydrogens (tertiary/aromatic N) is 1. The largest absolute Gasteiger partial charge is 0.544 e. The molecule has 8 heteroatoms. The number of unbranched alkanes of at least 4 members (excludes halogenated alkanes) is 3. The summed E-state index contributed by atoms with van der Waals surface area (Å²) in [6.07, 6.45) is 35.1.